The van der Waals surface area contributed by atoms with Crippen molar-refractivity contribution in [3.05, 3.63) is 144 Å². The smallest absolute Gasteiger partial charge is 0.256 e. The van der Waals surface area contributed by atoms with Crippen LogP contribution in [0.1, 0.15) is 130 Å². The minimum Gasteiger partial charge on any atom is -0.497 e. The minimum atomic E-state index is -1.13. The summed E-state index contributed by atoms with van der Waals surface area (Å²) in [5, 5.41) is 15.2. The van der Waals surface area contributed by atoms with Crippen LogP contribution >= 0.6 is 0 Å². The quantitative estimate of drug-likeness (QED) is 0.0379. The first-order valence-corrected chi connectivity index (χ1v) is 23.9. The Balaban J connectivity index is 1.09. The number of benzene rings is 4. The maximum atomic E-state index is 13.2. The predicted molar refractivity (Wildman–Crippen MR) is 258 cm³/mol. The summed E-state index contributed by atoms with van der Waals surface area (Å²) in [5.41, 5.74) is 2.76. The van der Waals surface area contributed by atoms with Crippen molar-refractivity contribution in [2.45, 2.75) is 127 Å². The first-order valence-electron chi connectivity index (χ1n) is 23.9. The molecule has 0 bridgehead atoms. The number of carbonyl (C=O) groups is 1. The third-order valence-corrected chi connectivity index (χ3v) is 12.7. The Morgan fingerprint density at radius 3 is 1.77 bits per heavy atom. The maximum absolute atomic E-state index is 13.2. The van der Waals surface area contributed by atoms with E-state index in [1.165, 1.54) is 77.0 Å². The van der Waals surface area contributed by atoms with Crippen LogP contribution in [0.4, 0.5) is 5.82 Å². The molecule has 1 amide bonds. The van der Waals surface area contributed by atoms with E-state index in [1.54, 1.807) is 49.4 Å². The Kier molecular flexibility index (Phi) is 18.1. The van der Waals surface area contributed by atoms with Gasteiger partial charge in [-0.2, -0.15) is 0 Å². The third-order valence-electron chi connectivity index (χ3n) is 12.7. The number of unbranched alkanes of at least 4 members (excludes halogenated alkanes) is 13. The van der Waals surface area contributed by atoms with Crippen LogP contribution in [0.25, 0.3) is 11.2 Å². The predicted octanol–water partition coefficient (Wildman–Crippen LogP) is 11.2. The standard InChI is InChI=1S/C54H67N5O7/c1-4-5-6-7-8-9-10-11-12-13-14-15-16-23-36-64-49-48(60)46(66-53(49)59-39-57-47-50(55-38-56-51(47)59)58-52(61)40-24-19-17-20-25-40)37-65-54(41-26-21-18-22-27-41,42-28-32-44(62-2)33-29-42)43-30-34-45(63-3)35-31-43/h17-22,24-35,38-39,46,48-49,53,60H,4-16,23,36-37H2,1-3H3,(H,55,56,58,61)/t46-,48+,49?,53-/m1/s1. The zero-order chi connectivity index (χ0) is 46.0. The Bertz CT molecular complexity index is 2300. The second kappa shape index (κ2) is 24.7. The van der Waals surface area contributed by atoms with Crippen molar-refractivity contribution in [1.29, 1.82) is 0 Å². The molecule has 0 aliphatic carbocycles. The number of fused-ring (bicyclic) bond motifs is 1. The lowest BCUT2D eigenvalue weighted by Gasteiger charge is -2.37. The lowest BCUT2D eigenvalue weighted by Crippen LogP contribution is -2.40. The number of nitrogens with one attached hydrogen (secondary N) is 1. The molecule has 2 N–H and O–H groups in total. The fourth-order valence-electron chi connectivity index (χ4n) is 8.96. The van der Waals surface area contributed by atoms with Gasteiger partial charge in [0.2, 0.25) is 0 Å². The monoisotopic (exact) mass is 898 g/mol. The van der Waals surface area contributed by atoms with Gasteiger partial charge < -0.3 is 34.1 Å². The summed E-state index contributed by atoms with van der Waals surface area (Å²) in [5.74, 6) is 1.37. The number of carbonyl (C=O) groups excluding carboxylic acids is 1. The first-order chi connectivity index (χ1) is 32.5. The molecule has 1 aliphatic rings. The number of amides is 1. The van der Waals surface area contributed by atoms with Crippen LogP contribution in [0.2, 0.25) is 0 Å². The average Bonchev–Trinajstić information content (AvgIpc) is 3.94. The van der Waals surface area contributed by atoms with Crippen molar-refractivity contribution < 1.29 is 33.6 Å². The number of aliphatic hydroxyl groups excluding tert-OH is 1. The summed E-state index contributed by atoms with van der Waals surface area (Å²) < 4.78 is 33.5. The number of hydrogen-bond acceptors (Lipinski definition) is 10. The summed E-state index contributed by atoms with van der Waals surface area (Å²) in [6.45, 7) is 2.70. The number of methoxy groups -OCH3 is 2. The van der Waals surface area contributed by atoms with E-state index in [0.717, 1.165) is 36.0 Å². The molecule has 3 heterocycles. The van der Waals surface area contributed by atoms with E-state index in [-0.39, 0.29) is 18.3 Å². The highest BCUT2D eigenvalue weighted by Crippen LogP contribution is 2.43. The highest BCUT2D eigenvalue weighted by molar-refractivity contribution is 6.06. The molecule has 4 aromatic carbocycles. The number of ether oxygens (including phenoxy) is 5. The summed E-state index contributed by atoms with van der Waals surface area (Å²) in [6, 6.07) is 34.6. The van der Waals surface area contributed by atoms with Crippen LogP contribution in [0, 0.1) is 0 Å². The van der Waals surface area contributed by atoms with Crippen LogP contribution in [0.5, 0.6) is 11.5 Å². The Hall–Kier alpha value is -5.66. The Morgan fingerprint density at radius 2 is 1.21 bits per heavy atom. The average molecular weight is 898 g/mol. The second-order valence-electron chi connectivity index (χ2n) is 17.2. The molecule has 12 heteroatoms. The lowest BCUT2D eigenvalue weighted by atomic mass is 9.80. The number of hydrogen-bond donors (Lipinski definition) is 2. The van der Waals surface area contributed by atoms with Gasteiger partial charge >= 0.3 is 0 Å². The third kappa shape index (κ3) is 12.0. The molecular formula is C54H67N5O7. The number of aliphatic hydroxyl groups is 1. The van der Waals surface area contributed by atoms with Crippen molar-refractivity contribution in [3.63, 3.8) is 0 Å². The van der Waals surface area contributed by atoms with E-state index in [4.69, 9.17) is 23.7 Å². The topological polar surface area (TPSA) is 139 Å². The second-order valence-corrected chi connectivity index (χ2v) is 17.2. The fraction of sp³-hybridized carbons (Fsp3) is 0.444. The molecule has 1 fully saturated rings. The molecule has 0 radical (unpaired) electrons. The molecule has 7 rings (SSSR count). The molecule has 12 nitrogen and oxygen atoms in total. The van der Waals surface area contributed by atoms with Crippen molar-refractivity contribution in [1.82, 2.24) is 19.5 Å². The number of nitrogens with zero attached hydrogens (tertiary/aromatic N) is 4. The molecule has 0 spiro atoms. The number of imidazole rings is 1. The van der Waals surface area contributed by atoms with Crippen LogP contribution in [0.15, 0.2) is 122 Å². The molecule has 6 aromatic rings. The van der Waals surface area contributed by atoms with Gasteiger partial charge in [0.1, 0.15) is 41.7 Å². The van der Waals surface area contributed by atoms with Gasteiger partial charge in [-0.05, 0) is 59.5 Å². The summed E-state index contributed by atoms with van der Waals surface area (Å²) >= 11 is 0. The summed E-state index contributed by atoms with van der Waals surface area (Å²) in [7, 11) is 3.28. The fourth-order valence-corrected chi connectivity index (χ4v) is 8.96. The van der Waals surface area contributed by atoms with Gasteiger partial charge in [-0.1, -0.05) is 163 Å². The van der Waals surface area contributed by atoms with Crippen molar-refractivity contribution in [3.8, 4) is 11.5 Å². The molecule has 1 aliphatic heterocycles. The maximum Gasteiger partial charge on any atom is 0.256 e. The van der Waals surface area contributed by atoms with Gasteiger partial charge in [0.05, 0.1) is 27.2 Å². The van der Waals surface area contributed by atoms with E-state index in [9.17, 15) is 9.90 Å². The molecule has 66 heavy (non-hydrogen) atoms. The molecule has 1 unspecified atom stereocenters. The molecule has 4 atom stereocenters. The van der Waals surface area contributed by atoms with E-state index in [2.05, 4.69) is 27.2 Å². The van der Waals surface area contributed by atoms with E-state index >= 15 is 0 Å². The first kappa shape index (κ1) is 48.3. The molecule has 350 valence electrons. The number of rotatable bonds is 27. The minimum absolute atomic E-state index is 0.0106. The molecule has 0 saturated carbocycles. The zero-order valence-electron chi connectivity index (χ0n) is 38.9. The van der Waals surface area contributed by atoms with E-state index in [0.29, 0.717) is 34.8 Å². The van der Waals surface area contributed by atoms with Gasteiger partial charge in [-0.25, -0.2) is 15.0 Å². The highest BCUT2D eigenvalue weighted by Gasteiger charge is 2.48. The Labute approximate surface area is 390 Å². The summed E-state index contributed by atoms with van der Waals surface area (Å²) in [4.78, 5) is 26.8. The van der Waals surface area contributed by atoms with Crippen molar-refractivity contribution >= 4 is 22.9 Å². The van der Waals surface area contributed by atoms with Gasteiger partial charge in [0.15, 0.2) is 23.2 Å². The van der Waals surface area contributed by atoms with Crippen molar-refractivity contribution in [2.24, 2.45) is 0 Å². The van der Waals surface area contributed by atoms with Crippen LogP contribution in [-0.2, 0) is 19.8 Å². The lowest BCUT2D eigenvalue weighted by molar-refractivity contribution is -0.0961. The van der Waals surface area contributed by atoms with Crippen LogP contribution < -0.4 is 14.8 Å². The van der Waals surface area contributed by atoms with Gasteiger partial charge in [-0.15, -0.1) is 0 Å². The number of anilines is 1. The SMILES string of the molecule is CCCCCCCCCCCCCCCCOC1[C@@H](O)[C@@H](COC(c2ccccc2)(c2ccc(OC)cc2)c2ccc(OC)cc2)O[C@H]1n1cnc2c(NC(=O)c3ccccc3)ncnc21. The summed E-state index contributed by atoms with van der Waals surface area (Å²) in [6.07, 6.45) is 17.1. The van der Waals surface area contributed by atoms with Crippen molar-refractivity contribution in [2.75, 3.05) is 32.8 Å². The molecular weight excluding hydrogens is 831 g/mol. The zero-order valence-corrected chi connectivity index (χ0v) is 38.9. The van der Waals surface area contributed by atoms with Gasteiger partial charge in [-0.3, -0.25) is 9.36 Å². The molecule has 1 saturated heterocycles. The largest absolute Gasteiger partial charge is 0.497 e. The van der Waals surface area contributed by atoms with Gasteiger partial charge in [0.25, 0.3) is 5.91 Å². The normalized spacial score (nSPS) is 17.3. The number of aromatic nitrogens is 4. The van der Waals surface area contributed by atoms with Crippen LogP contribution in [0.3, 0.4) is 0 Å². The molecule has 2 aromatic heterocycles. The highest BCUT2D eigenvalue weighted by atomic mass is 16.6. The Morgan fingerprint density at radius 1 is 0.682 bits per heavy atom. The van der Waals surface area contributed by atoms with Gasteiger partial charge in [0, 0.05) is 12.2 Å². The van der Waals surface area contributed by atoms with E-state index in [1.807, 2.05) is 84.9 Å². The van der Waals surface area contributed by atoms with E-state index < -0.39 is 30.1 Å². The van der Waals surface area contributed by atoms with Crippen LogP contribution in [-0.4, -0.2) is 76.3 Å².